The fraction of sp³-hybridized carbons (Fsp3) is 0.312. The zero-order valence-corrected chi connectivity index (χ0v) is 13.9. The van der Waals surface area contributed by atoms with Crippen LogP contribution in [0.2, 0.25) is 0 Å². The Morgan fingerprint density at radius 3 is 2.38 bits per heavy atom. The van der Waals surface area contributed by atoms with Gasteiger partial charge in [-0.2, -0.15) is 18.3 Å². The Kier molecular flexibility index (Phi) is 5.24. The Morgan fingerprint density at radius 1 is 1.23 bits per heavy atom. The Bertz CT molecular complexity index is 798. The predicted molar refractivity (Wildman–Crippen MR) is 85.1 cm³/mol. The average Bonchev–Trinajstić information content (AvgIpc) is 3.01. The first-order valence-corrected chi connectivity index (χ1v) is 7.38. The van der Waals surface area contributed by atoms with E-state index in [-0.39, 0.29) is 17.0 Å². The summed E-state index contributed by atoms with van der Waals surface area (Å²) in [4.78, 5) is 23.3. The molecule has 0 radical (unpaired) electrons. The van der Waals surface area contributed by atoms with Crippen LogP contribution in [0.5, 0.6) is 5.75 Å². The van der Waals surface area contributed by atoms with E-state index in [1.807, 2.05) is 0 Å². The number of benzene rings is 1. The summed E-state index contributed by atoms with van der Waals surface area (Å²) in [7, 11) is 0. The number of carboxylic acid groups (broad SMARTS) is 1. The first-order chi connectivity index (χ1) is 12.0. The molecule has 0 aliphatic rings. The maximum atomic E-state index is 12.2. The molecule has 2 N–H and O–H groups in total. The molecule has 140 valence electrons. The van der Waals surface area contributed by atoms with Crippen molar-refractivity contribution in [1.82, 2.24) is 9.78 Å². The molecule has 26 heavy (non-hydrogen) atoms. The van der Waals surface area contributed by atoms with Crippen molar-refractivity contribution in [2.45, 2.75) is 25.6 Å². The third kappa shape index (κ3) is 4.74. The molecule has 7 nitrogen and oxygen atoms in total. The molecular weight excluding hydrogens is 355 g/mol. The van der Waals surface area contributed by atoms with Crippen molar-refractivity contribution in [3.8, 4) is 5.75 Å². The Labute approximate surface area is 146 Å². The van der Waals surface area contributed by atoms with Gasteiger partial charge in [0, 0.05) is 11.8 Å². The lowest BCUT2D eigenvalue weighted by molar-refractivity contribution is -0.153. The van der Waals surface area contributed by atoms with Crippen LogP contribution in [0.3, 0.4) is 0 Å². The summed E-state index contributed by atoms with van der Waals surface area (Å²) in [5.41, 5.74) is -0.822. The van der Waals surface area contributed by atoms with Gasteiger partial charge >= 0.3 is 12.1 Å². The highest BCUT2D eigenvalue weighted by atomic mass is 19.4. The number of aliphatic carboxylic acids is 1. The third-order valence-corrected chi connectivity index (χ3v) is 3.46. The summed E-state index contributed by atoms with van der Waals surface area (Å²) in [6.45, 7) is 1.48. The molecule has 0 aliphatic heterocycles. The van der Waals surface area contributed by atoms with E-state index in [4.69, 9.17) is 5.11 Å². The molecule has 1 aromatic heterocycles. The van der Waals surface area contributed by atoms with Gasteiger partial charge in [-0.05, 0) is 38.1 Å². The maximum absolute atomic E-state index is 12.2. The predicted octanol–water partition coefficient (Wildman–Crippen LogP) is 2.90. The molecule has 0 saturated heterocycles. The molecule has 1 heterocycles. The van der Waals surface area contributed by atoms with Gasteiger partial charge in [0.25, 0.3) is 5.91 Å². The van der Waals surface area contributed by atoms with E-state index >= 15 is 0 Å². The second-order valence-corrected chi connectivity index (χ2v) is 5.92. The molecule has 2 aromatic rings. The normalized spacial score (nSPS) is 11.9. The maximum Gasteiger partial charge on any atom is 0.422 e. The Balaban J connectivity index is 2.02. The number of halogens is 3. The molecule has 0 spiro atoms. The van der Waals surface area contributed by atoms with Crippen molar-refractivity contribution in [3.05, 3.63) is 42.2 Å². The van der Waals surface area contributed by atoms with E-state index in [9.17, 15) is 22.8 Å². The van der Waals surface area contributed by atoms with Crippen LogP contribution >= 0.6 is 0 Å². The smallest absolute Gasteiger partial charge is 0.422 e. The SMILES string of the molecule is CC(C)(C(=O)O)n1cc(NC(=O)c2ccc(OCC(F)(F)F)cc2)cn1. The van der Waals surface area contributed by atoms with Crippen molar-refractivity contribution in [3.63, 3.8) is 0 Å². The number of ether oxygens (including phenoxy) is 1. The molecule has 0 bridgehead atoms. The van der Waals surface area contributed by atoms with Gasteiger partial charge in [-0.1, -0.05) is 0 Å². The lowest BCUT2D eigenvalue weighted by Crippen LogP contribution is -2.35. The van der Waals surface area contributed by atoms with Crippen LogP contribution in [0, 0.1) is 0 Å². The molecule has 0 aliphatic carbocycles. The monoisotopic (exact) mass is 371 g/mol. The van der Waals surface area contributed by atoms with Crippen molar-refractivity contribution < 1.29 is 32.6 Å². The van der Waals surface area contributed by atoms with E-state index in [0.717, 1.165) is 0 Å². The van der Waals surface area contributed by atoms with E-state index in [1.165, 1.54) is 55.2 Å². The van der Waals surface area contributed by atoms with Crippen LogP contribution in [0.1, 0.15) is 24.2 Å². The number of amides is 1. The number of carbonyl (C=O) groups excluding carboxylic acids is 1. The highest BCUT2D eigenvalue weighted by Crippen LogP contribution is 2.20. The molecule has 10 heteroatoms. The van der Waals surface area contributed by atoms with Gasteiger partial charge in [0.2, 0.25) is 0 Å². The Hall–Kier alpha value is -3.04. The van der Waals surface area contributed by atoms with Gasteiger partial charge in [-0.15, -0.1) is 0 Å². The number of alkyl halides is 3. The van der Waals surface area contributed by atoms with Gasteiger partial charge in [0.15, 0.2) is 12.1 Å². The highest BCUT2D eigenvalue weighted by Gasteiger charge is 2.30. The number of carboxylic acids is 1. The van der Waals surface area contributed by atoms with Gasteiger partial charge < -0.3 is 15.2 Å². The fourth-order valence-electron chi connectivity index (χ4n) is 1.86. The van der Waals surface area contributed by atoms with Crippen LogP contribution in [0.4, 0.5) is 18.9 Å². The molecule has 0 fully saturated rings. The number of anilines is 1. The van der Waals surface area contributed by atoms with Gasteiger partial charge in [0.05, 0.1) is 11.9 Å². The molecule has 0 unspecified atom stereocenters. The second-order valence-electron chi connectivity index (χ2n) is 5.92. The summed E-state index contributed by atoms with van der Waals surface area (Å²) >= 11 is 0. The lowest BCUT2D eigenvalue weighted by Gasteiger charge is -2.19. The molecule has 0 saturated carbocycles. The summed E-state index contributed by atoms with van der Waals surface area (Å²) in [6.07, 6.45) is -1.78. The van der Waals surface area contributed by atoms with E-state index in [1.54, 1.807) is 0 Å². The summed E-state index contributed by atoms with van der Waals surface area (Å²) in [5, 5.41) is 15.6. The molecule has 1 amide bonds. The largest absolute Gasteiger partial charge is 0.484 e. The van der Waals surface area contributed by atoms with Crippen LogP contribution in [-0.2, 0) is 10.3 Å². The minimum absolute atomic E-state index is 0.0186. The van der Waals surface area contributed by atoms with Gasteiger partial charge in [-0.3, -0.25) is 9.48 Å². The number of nitrogens with one attached hydrogen (secondary N) is 1. The van der Waals surface area contributed by atoms with E-state index < -0.39 is 30.2 Å². The quantitative estimate of drug-likeness (QED) is 0.814. The third-order valence-electron chi connectivity index (χ3n) is 3.46. The van der Waals surface area contributed by atoms with E-state index in [0.29, 0.717) is 0 Å². The zero-order valence-electron chi connectivity index (χ0n) is 13.9. The van der Waals surface area contributed by atoms with Crippen LogP contribution in [-0.4, -0.2) is 39.5 Å². The van der Waals surface area contributed by atoms with Crippen molar-refractivity contribution >= 4 is 17.6 Å². The highest BCUT2D eigenvalue weighted by molar-refractivity contribution is 6.04. The first-order valence-electron chi connectivity index (χ1n) is 7.38. The van der Waals surface area contributed by atoms with Crippen molar-refractivity contribution in [2.24, 2.45) is 0 Å². The van der Waals surface area contributed by atoms with Crippen molar-refractivity contribution in [1.29, 1.82) is 0 Å². The minimum Gasteiger partial charge on any atom is -0.484 e. The topological polar surface area (TPSA) is 93.5 Å². The van der Waals surface area contributed by atoms with E-state index in [2.05, 4.69) is 15.2 Å². The second kappa shape index (κ2) is 7.06. The molecule has 1 aromatic carbocycles. The number of aromatic nitrogens is 2. The average molecular weight is 371 g/mol. The standard InChI is InChI=1S/C16H16F3N3O4/c1-15(2,14(24)25)22-8-11(7-20-22)21-13(23)10-3-5-12(6-4-10)26-9-16(17,18)19/h3-8H,9H2,1-2H3,(H,21,23)(H,24,25). The summed E-state index contributed by atoms with van der Waals surface area (Å²) in [6, 6.07) is 5.12. The first kappa shape index (κ1) is 19.3. The molecule has 0 atom stereocenters. The van der Waals surface area contributed by atoms with Crippen LogP contribution < -0.4 is 10.1 Å². The lowest BCUT2D eigenvalue weighted by atomic mass is 10.1. The number of hydrogen-bond acceptors (Lipinski definition) is 4. The van der Waals surface area contributed by atoms with Gasteiger partial charge in [-0.25, -0.2) is 4.79 Å². The minimum atomic E-state index is -4.44. The van der Waals surface area contributed by atoms with Crippen molar-refractivity contribution in [2.75, 3.05) is 11.9 Å². The van der Waals surface area contributed by atoms with Crippen LogP contribution in [0.25, 0.3) is 0 Å². The zero-order chi connectivity index (χ0) is 19.5. The molecule has 2 rings (SSSR count). The summed E-state index contributed by atoms with van der Waals surface area (Å²) < 4.78 is 42.0. The van der Waals surface area contributed by atoms with Gasteiger partial charge in [0.1, 0.15) is 5.75 Å². The fourth-order valence-corrected chi connectivity index (χ4v) is 1.86. The number of nitrogens with zero attached hydrogens (tertiary/aromatic N) is 2. The summed E-state index contributed by atoms with van der Waals surface area (Å²) in [5.74, 6) is -1.64. The number of hydrogen-bond donors (Lipinski definition) is 2. The number of carbonyl (C=O) groups is 2. The molecular formula is C16H16F3N3O4. The van der Waals surface area contributed by atoms with Crippen LogP contribution in [0.15, 0.2) is 36.7 Å². The number of rotatable bonds is 6. The Morgan fingerprint density at radius 2 is 1.85 bits per heavy atom.